The van der Waals surface area contributed by atoms with Crippen LogP contribution in [-0.4, -0.2) is 9.13 Å². The van der Waals surface area contributed by atoms with Crippen LogP contribution in [0, 0.1) is 4.81 Å². The molecule has 3 aromatic rings. The van der Waals surface area contributed by atoms with Gasteiger partial charge in [0.15, 0.2) is 0 Å². The predicted octanol–water partition coefficient (Wildman–Crippen LogP) is 3.65. The number of hydrogen-bond donors (Lipinski definition) is 0. The van der Waals surface area contributed by atoms with Crippen LogP contribution >= 0.6 is 0 Å². The van der Waals surface area contributed by atoms with E-state index in [1.807, 2.05) is 0 Å². The standard InChI is InChI=1S/C20H15Si/c1-2-7-15(8-3-1)14-21-20-12-6-11-18-17-10-5-4-9-16(17)13-19(18)20/h1-13H,14H2. The molecule has 0 saturated carbocycles. The molecule has 0 atom stereocenters. The van der Waals surface area contributed by atoms with Gasteiger partial charge in [-0.05, 0) is 44.4 Å². The lowest BCUT2D eigenvalue weighted by Gasteiger charge is -2.00. The summed E-state index contributed by atoms with van der Waals surface area (Å²) < 4.78 is 0. The van der Waals surface area contributed by atoms with Crippen molar-refractivity contribution in [3.63, 3.8) is 0 Å². The second-order valence-corrected chi connectivity index (χ2v) is 6.58. The normalized spacial score (nSPS) is 12.7. The summed E-state index contributed by atoms with van der Waals surface area (Å²) in [5, 5.41) is 1.42. The van der Waals surface area contributed by atoms with Crippen LogP contribution < -0.4 is 5.22 Å². The molecule has 4 rings (SSSR count). The Morgan fingerprint density at radius 2 is 1.43 bits per heavy atom. The predicted molar refractivity (Wildman–Crippen MR) is 89.8 cm³/mol. The lowest BCUT2D eigenvalue weighted by Crippen LogP contribution is -2.06. The third kappa shape index (κ3) is 2.30. The van der Waals surface area contributed by atoms with Gasteiger partial charge in [-0.2, -0.15) is 0 Å². The summed E-state index contributed by atoms with van der Waals surface area (Å²) in [5.74, 6) is 0. The van der Waals surface area contributed by atoms with E-state index in [9.17, 15) is 0 Å². The average Bonchev–Trinajstić information content (AvgIpc) is 2.93. The van der Waals surface area contributed by atoms with Crippen LogP contribution in [0.2, 0.25) is 0 Å². The fraction of sp³-hybridized carbons (Fsp3) is 0.0500. The zero-order chi connectivity index (χ0) is 14.1. The summed E-state index contributed by atoms with van der Waals surface area (Å²) >= 11 is 0. The topological polar surface area (TPSA) is 0 Å². The maximum Gasteiger partial charge on any atom is 0.0350 e. The fourth-order valence-electron chi connectivity index (χ4n) is 2.93. The minimum absolute atomic E-state index is 0.820. The first-order valence-electron chi connectivity index (χ1n) is 7.27. The van der Waals surface area contributed by atoms with Crippen molar-refractivity contribution < 1.29 is 0 Å². The van der Waals surface area contributed by atoms with Crippen molar-refractivity contribution >= 4 is 15.2 Å². The van der Waals surface area contributed by atoms with E-state index >= 15 is 0 Å². The maximum absolute atomic E-state index is 2.35. The van der Waals surface area contributed by atoms with E-state index in [4.69, 9.17) is 0 Å². The van der Waals surface area contributed by atoms with E-state index in [0.29, 0.717) is 0 Å². The monoisotopic (exact) mass is 283 g/mol. The molecule has 1 radical (unpaired) electrons. The third-order valence-electron chi connectivity index (χ3n) is 3.98. The molecular formula is C20H15Si. The summed E-state index contributed by atoms with van der Waals surface area (Å²) in [6.45, 7) is 0. The van der Waals surface area contributed by atoms with Crippen LogP contribution in [0.5, 0.6) is 0 Å². The van der Waals surface area contributed by atoms with E-state index in [0.717, 1.165) is 15.2 Å². The van der Waals surface area contributed by atoms with Crippen LogP contribution in [0.25, 0.3) is 17.2 Å². The van der Waals surface area contributed by atoms with Crippen molar-refractivity contribution in [3.05, 3.63) is 94.0 Å². The lowest BCUT2D eigenvalue weighted by molar-refractivity contribution is 1.39. The van der Waals surface area contributed by atoms with Crippen molar-refractivity contribution in [2.24, 2.45) is 0 Å². The number of benzene rings is 3. The van der Waals surface area contributed by atoms with Crippen LogP contribution in [0.3, 0.4) is 0 Å². The Bertz CT molecular complexity index is 908. The highest BCUT2D eigenvalue weighted by Crippen LogP contribution is 2.25. The zero-order valence-electron chi connectivity index (χ0n) is 11.7. The van der Waals surface area contributed by atoms with Gasteiger partial charge in [-0.25, -0.2) is 0 Å². The minimum Gasteiger partial charge on any atom is -0.0622 e. The molecule has 0 unspecified atom stereocenters. The van der Waals surface area contributed by atoms with Gasteiger partial charge in [0.2, 0.25) is 0 Å². The number of rotatable bonds is 2. The van der Waals surface area contributed by atoms with Crippen molar-refractivity contribution in [2.45, 2.75) is 6.04 Å². The van der Waals surface area contributed by atoms with Gasteiger partial charge in [-0.3, -0.25) is 0 Å². The zero-order valence-corrected chi connectivity index (χ0v) is 12.7. The van der Waals surface area contributed by atoms with E-state index in [-0.39, 0.29) is 0 Å². The van der Waals surface area contributed by atoms with Gasteiger partial charge in [0.25, 0.3) is 0 Å². The molecule has 0 spiro atoms. The van der Waals surface area contributed by atoms with Gasteiger partial charge >= 0.3 is 0 Å². The molecule has 0 N–H and O–H groups in total. The molecule has 0 amide bonds. The van der Waals surface area contributed by atoms with E-state index < -0.39 is 0 Å². The highest BCUT2D eigenvalue weighted by atomic mass is 28.2. The Morgan fingerprint density at radius 3 is 2.33 bits per heavy atom. The van der Waals surface area contributed by atoms with Crippen molar-refractivity contribution in [1.29, 1.82) is 0 Å². The Labute approximate surface area is 126 Å². The first kappa shape index (κ1) is 12.5. The summed E-state index contributed by atoms with van der Waals surface area (Å²) in [7, 11) is 0.820. The molecule has 0 nitrogen and oxygen atoms in total. The average molecular weight is 283 g/mol. The van der Waals surface area contributed by atoms with Crippen molar-refractivity contribution in [1.82, 2.24) is 0 Å². The number of fused-ring (bicyclic) bond motifs is 3. The van der Waals surface area contributed by atoms with Gasteiger partial charge in [-0.15, -0.1) is 0 Å². The highest BCUT2D eigenvalue weighted by molar-refractivity contribution is 6.26. The van der Waals surface area contributed by atoms with Gasteiger partial charge < -0.3 is 0 Å². The molecule has 0 aliphatic heterocycles. The fourth-order valence-corrected chi connectivity index (χ4v) is 4.17. The summed E-state index contributed by atoms with van der Waals surface area (Å²) in [5.41, 5.74) is 5.54. The molecule has 1 aliphatic rings. The summed E-state index contributed by atoms with van der Waals surface area (Å²) in [6.07, 6.45) is 2.35. The van der Waals surface area contributed by atoms with Crippen LogP contribution in [0.15, 0.2) is 72.8 Å². The van der Waals surface area contributed by atoms with Gasteiger partial charge in [-0.1, -0.05) is 72.8 Å². The van der Waals surface area contributed by atoms with Crippen molar-refractivity contribution in [3.8, 4) is 11.1 Å². The summed E-state index contributed by atoms with van der Waals surface area (Å²) in [4.78, 5) is 1.48. The summed E-state index contributed by atoms with van der Waals surface area (Å²) in [6, 6.07) is 27.3. The van der Waals surface area contributed by atoms with Gasteiger partial charge in [0.1, 0.15) is 0 Å². The van der Waals surface area contributed by atoms with E-state index in [1.54, 1.807) is 0 Å². The Hall–Kier alpha value is -2.25. The van der Waals surface area contributed by atoms with Gasteiger partial charge in [0, 0.05) is 9.13 Å². The minimum atomic E-state index is 0.820. The molecule has 0 saturated heterocycles. The van der Waals surface area contributed by atoms with E-state index in [2.05, 4.69) is 78.9 Å². The van der Waals surface area contributed by atoms with E-state index in [1.165, 1.54) is 32.3 Å². The van der Waals surface area contributed by atoms with Gasteiger partial charge in [0.05, 0.1) is 0 Å². The Balaban J connectivity index is 1.82. The largest absolute Gasteiger partial charge is 0.0622 e. The Morgan fingerprint density at radius 1 is 0.667 bits per heavy atom. The molecule has 99 valence electrons. The molecule has 21 heavy (non-hydrogen) atoms. The third-order valence-corrected chi connectivity index (χ3v) is 5.38. The number of hydrogen-bond acceptors (Lipinski definition) is 0. The highest BCUT2D eigenvalue weighted by Gasteiger charge is 2.10. The SMILES string of the molecule is C1=c2c(cccc2=[Si]Cc2ccccc2)-c2ccccc21. The first-order valence-corrected chi connectivity index (χ1v) is 8.47. The molecule has 0 heterocycles. The molecule has 0 fully saturated rings. The van der Waals surface area contributed by atoms with Crippen LogP contribution in [-0.2, 0) is 6.04 Å². The molecule has 1 aliphatic carbocycles. The molecule has 0 aromatic heterocycles. The molecular weight excluding hydrogens is 268 g/mol. The van der Waals surface area contributed by atoms with Crippen LogP contribution in [0.1, 0.15) is 11.1 Å². The molecule has 3 aromatic carbocycles. The molecule has 1 heteroatoms. The second-order valence-electron chi connectivity index (χ2n) is 5.34. The first-order chi connectivity index (χ1) is 10.4. The second kappa shape index (κ2) is 5.26. The lowest BCUT2D eigenvalue weighted by atomic mass is 10.1. The quantitative estimate of drug-likeness (QED) is 0.493. The molecule has 0 bridgehead atoms. The van der Waals surface area contributed by atoms with Crippen molar-refractivity contribution in [2.75, 3.05) is 0 Å². The van der Waals surface area contributed by atoms with Crippen LogP contribution in [0.4, 0.5) is 0 Å². The maximum atomic E-state index is 2.35. The Kier molecular flexibility index (Phi) is 3.13. The smallest absolute Gasteiger partial charge is 0.0350 e.